The van der Waals surface area contributed by atoms with Crippen LogP contribution >= 0.6 is 22.7 Å². The van der Waals surface area contributed by atoms with Gasteiger partial charge < -0.3 is 34.2 Å². The van der Waals surface area contributed by atoms with E-state index in [2.05, 4.69) is 25.3 Å². The van der Waals surface area contributed by atoms with E-state index in [0.717, 1.165) is 11.1 Å². The van der Waals surface area contributed by atoms with E-state index in [0.29, 0.717) is 47.7 Å². The molecule has 0 saturated heterocycles. The molecule has 0 aliphatic carbocycles. The van der Waals surface area contributed by atoms with Crippen LogP contribution in [0.5, 0.6) is 11.5 Å². The minimum absolute atomic E-state index is 0.144. The molecule has 4 N–H and O–H groups in total. The van der Waals surface area contributed by atoms with Gasteiger partial charge in [0.25, 0.3) is 5.91 Å². The van der Waals surface area contributed by atoms with Gasteiger partial charge in [-0.15, -0.1) is 22.7 Å². The van der Waals surface area contributed by atoms with Crippen molar-refractivity contribution in [1.29, 1.82) is 0 Å². The Labute approximate surface area is 313 Å². The zero-order valence-electron chi connectivity index (χ0n) is 28.0. The number of amides is 1. The number of ether oxygens (including phenoxy) is 1. The predicted molar refractivity (Wildman–Crippen MR) is 200 cm³/mol. The number of carboxylic acid groups (broad SMARTS) is 1. The Balaban J connectivity index is 0.000000167. The summed E-state index contributed by atoms with van der Waals surface area (Å²) in [5, 5.41) is 33.6. The van der Waals surface area contributed by atoms with Crippen LogP contribution in [-0.2, 0) is 9.53 Å². The van der Waals surface area contributed by atoms with Crippen molar-refractivity contribution in [2.24, 2.45) is 0 Å². The van der Waals surface area contributed by atoms with Gasteiger partial charge in [0.05, 0.1) is 19.1 Å². The molecule has 0 aliphatic heterocycles. The van der Waals surface area contributed by atoms with Crippen molar-refractivity contribution >= 4 is 61.0 Å². The summed E-state index contributed by atoms with van der Waals surface area (Å²) in [6.45, 7) is 1.29. The van der Waals surface area contributed by atoms with Crippen LogP contribution in [0.25, 0.3) is 64.5 Å². The van der Waals surface area contributed by atoms with Gasteiger partial charge in [-0.1, -0.05) is 60.7 Å². The van der Waals surface area contributed by atoms with Gasteiger partial charge >= 0.3 is 11.9 Å². The highest BCUT2D eigenvalue weighted by Crippen LogP contribution is 2.42. The van der Waals surface area contributed by atoms with Crippen molar-refractivity contribution in [3.63, 3.8) is 0 Å². The van der Waals surface area contributed by atoms with Gasteiger partial charge in [0, 0.05) is 11.1 Å². The third-order valence-electron chi connectivity index (χ3n) is 7.66. The molecule has 6 aromatic heterocycles. The number of rotatable bonds is 9. The van der Waals surface area contributed by atoms with Gasteiger partial charge in [-0.25, -0.2) is 24.7 Å². The Morgan fingerprint density at radius 1 is 0.685 bits per heavy atom. The van der Waals surface area contributed by atoms with Crippen molar-refractivity contribution in [1.82, 2.24) is 25.3 Å². The smallest absolute Gasteiger partial charge is 0.360 e. The fraction of sp³-hybridized carbons (Fsp3) is 0.0789. The number of thiazole rings is 2. The van der Waals surface area contributed by atoms with E-state index < -0.39 is 24.4 Å². The van der Waals surface area contributed by atoms with Crippen LogP contribution in [0.15, 0.2) is 106 Å². The lowest BCUT2D eigenvalue weighted by atomic mass is 10.2. The fourth-order valence-corrected chi connectivity index (χ4v) is 7.28. The molecule has 0 radical (unpaired) electrons. The Morgan fingerprint density at radius 3 is 1.61 bits per heavy atom. The quantitative estimate of drug-likeness (QED) is 0.104. The number of aromatic nitrogens is 4. The van der Waals surface area contributed by atoms with Crippen LogP contribution in [0.2, 0.25) is 0 Å². The molecule has 16 heteroatoms. The number of benzene rings is 2. The van der Waals surface area contributed by atoms with Gasteiger partial charge in [0.2, 0.25) is 0 Å². The molecule has 0 atom stereocenters. The van der Waals surface area contributed by atoms with E-state index >= 15 is 0 Å². The molecule has 14 nitrogen and oxygen atoms in total. The zero-order valence-corrected chi connectivity index (χ0v) is 29.7. The van der Waals surface area contributed by atoms with Crippen LogP contribution in [0.4, 0.5) is 0 Å². The molecule has 0 spiro atoms. The monoisotopic (exact) mass is 761 g/mol. The fourth-order valence-electron chi connectivity index (χ4n) is 5.25. The number of carbonyl (C=O) groups excluding carboxylic acids is 2. The van der Waals surface area contributed by atoms with Crippen LogP contribution < -0.4 is 5.32 Å². The normalized spacial score (nSPS) is 10.9. The summed E-state index contributed by atoms with van der Waals surface area (Å²) in [7, 11) is 0. The van der Waals surface area contributed by atoms with Gasteiger partial charge in [-0.2, -0.15) is 0 Å². The number of carbonyl (C=O) groups is 3. The highest BCUT2D eigenvalue weighted by Gasteiger charge is 2.26. The number of hydrogen-bond donors (Lipinski definition) is 4. The Hall–Kier alpha value is -6.91. The van der Waals surface area contributed by atoms with E-state index in [1.165, 1.54) is 35.2 Å². The van der Waals surface area contributed by atoms with Gasteiger partial charge in [0.1, 0.15) is 48.4 Å². The molecule has 1 amide bonds. The van der Waals surface area contributed by atoms with Crippen molar-refractivity contribution < 1.29 is 43.3 Å². The number of nitrogens with one attached hydrogen (secondary N) is 1. The highest BCUT2D eigenvalue weighted by molar-refractivity contribution is 7.22. The molecule has 0 saturated carbocycles. The first-order valence-corrected chi connectivity index (χ1v) is 17.8. The number of fused-ring (bicyclic) bond motifs is 2. The summed E-state index contributed by atoms with van der Waals surface area (Å²) in [6, 6.07) is 25.8. The summed E-state index contributed by atoms with van der Waals surface area (Å²) in [5.74, 6) is -2.43. The Morgan fingerprint density at radius 2 is 1.17 bits per heavy atom. The standard InChI is InChI=1S/C19H13N3O5S.C19H14N2O4S/c23-12(24)9-20-18(26)15-16(25)17-14(13(21-15)11-7-4-8-27-11)22-19(28-17)10-5-2-1-3-6-10;1-2-24-19(23)15-16(22)17-14(13(20-15)12-9-6-10-25-12)21-18(26-17)11-7-4-3-5-8-11/h1-8,25H,9H2,(H,20,26)(H,23,24);3-10,22H,2H2,1H3. The van der Waals surface area contributed by atoms with E-state index in [4.69, 9.17) is 18.7 Å². The summed E-state index contributed by atoms with van der Waals surface area (Å²) in [4.78, 5) is 53.0. The van der Waals surface area contributed by atoms with Crippen LogP contribution in [0.1, 0.15) is 27.9 Å². The third kappa shape index (κ3) is 7.10. The molecule has 0 aliphatic rings. The SMILES string of the molecule is CCOC(=O)c1nc(-c2ccco2)c2nc(-c3ccccc3)sc2c1O.O=C(O)CNC(=O)c1nc(-c2ccco2)c2nc(-c3ccccc3)sc2c1O. The molecule has 8 rings (SSSR count). The summed E-state index contributed by atoms with van der Waals surface area (Å²) >= 11 is 2.49. The third-order valence-corrected chi connectivity index (χ3v) is 9.89. The van der Waals surface area contributed by atoms with E-state index in [1.54, 1.807) is 31.2 Å². The van der Waals surface area contributed by atoms with Crippen molar-refractivity contribution in [2.75, 3.05) is 13.2 Å². The van der Waals surface area contributed by atoms with E-state index in [9.17, 15) is 24.6 Å². The number of esters is 1. The second-order valence-corrected chi connectivity index (χ2v) is 13.2. The van der Waals surface area contributed by atoms with Gasteiger partial charge in [-0.3, -0.25) is 9.59 Å². The molecule has 270 valence electrons. The first kappa shape index (κ1) is 35.5. The van der Waals surface area contributed by atoms with Crippen molar-refractivity contribution in [3.05, 3.63) is 109 Å². The number of furan rings is 2. The Bertz CT molecular complexity index is 2600. The second-order valence-electron chi connectivity index (χ2n) is 11.2. The molecule has 54 heavy (non-hydrogen) atoms. The maximum atomic E-state index is 12.4. The first-order chi connectivity index (χ1) is 26.2. The number of hydrogen-bond acceptors (Lipinski definition) is 14. The molecular formula is C38H27N5O9S2. The van der Waals surface area contributed by atoms with Crippen LogP contribution in [0, 0.1) is 0 Å². The number of nitrogens with zero attached hydrogens (tertiary/aromatic N) is 4. The first-order valence-electron chi connectivity index (χ1n) is 16.2. The lowest BCUT2D eigenvalue weighted by Gasteiger charge is -2.07. The summed E-state index contributed by atoms with van der Waals surface area (Å²) in [6.07, 6.45) is 2.98. The number of pyridine rings is 2. The minimum Gasteiger partial charge on any atom is -0.504 e. The van der Waals surface area contributed by atoms with E-state index in [-0.39, 0.29) is 35.2 Å². The molecule has 0 fully saturated rings. The average molecular weight is 762 g/mol. The van der Waals surface area contributed by atoms with E-state index in [1.807, 2.05) is 60.7 Å². The topological polar surface area (TPSA) is 211 Å². The van der Waals surface area contributed by atoms with Gasteiger partial charge in [-0.05, 0) is 31.2 Å². The van der Waals surface area contributed by atoms with Crippen molar-refractivity contribution in [3.8, 4) is 55.5 Å². The second kappa shape index (κ2) is 15.4. The lowest BCUT2D eigenvalue weighted by Crippen LogP contribution is -2.30. The molecule has 2 aromatic carbocycles. The molecule has 6 heterocycles. The van der Waals surface area contributed by atoms with Crippen LogP contribution in [0.3, 0.4) is 0 Å². The molecule has 0 bridgehead atoms. The zero-order chi connectivity index (χ0) is 37.8. The molecule has 0 unspecified atom stereocenters. The van der Waals surface area contributed by atoms with Crippen LogP contribution in [-0.4, -0.2) is 66.3 Å². The molecular weight excluding hydrogens is 735 g/mol. The average Bonchev–Trinajstić information content (AvgIpc) is 4.03. The largest absolute Gasteiger partial charge is 0.504 e. The maximum absolute atomic E-state index is 12.4. The molecule has 8 aromatic rings. The predicted octanol–water partition coefficient (Wildman–Crippen LogP) is 7.64. The number of aliphatic carboxylic acids is 1. The Kier molecular flexibility index (Phi) is 10.1. The summed E-state index contributed by atoms with van der Waals surface area (Å²) in [5.41, 5.74) is 2.89. The van der Waals surface area contributed by atoms with Gasteiger partial charge in [0.15, 0.2) is 34.4 Å². The maximum Gasteiger partial charge on any atom is 0.360 e. The number of carboxylic acids is 1. The number of aromatic hydroxyl groups is 2. The van der Waals surface area contributed by atoms with Crippen molar-refractivity contribution in [2.45, 2.75) is 6.92 Å². The highest BCUT2D eigenvalue weighted by atomic mass is 32.1. The lowest BCUT2D eigenvalue weighted by molar-refractivity contribution is -0.135. The minimum atomic E-state index is -1.20. The summed E-state index contributed by atoms with van der Waals surface area (Å²) < 4.78 is 16.7.